The smallest absolute Gasteiger partial charge is 0.119 e. The summed E-state index contributed by atoms with van der Waals surface area (Å²) in [4.78, 5) is 2.62. The van der Waals surface area contributed by atoms with Crippen LogP contribution in [0.4, 0.5) is 0 Å². The summed E-state index contributed by atoms with van der Waals surface area (Å²) in [5.74, 6) is 1.01. The highest BCUT2D eigenvalue weighted by atomic mass is 16.5. The number of hydrogen-bond donors (Lipinski definition) is 0. The first-order valence-electron chi connectivity index (χ1n) is 8.32. The van der Waals surface area contributed by atoms with Crippen molar-refractivity contribution in [2.75, 3.05) is 26.2 Å². The highest BCUT2D eigenvalue weighted by Gasteiger charge is 2.08. The minimum absolute atomic E-state index is 0.853. The molecule has 0 unspecified atom stereocenters. The highest BCUT2D eigenvalue weighted by molar-refractivity contribution is 5.27. The zero-order chi connectivity index (χ0) is 14.0. The van der Waals surface area contributed by atoms with Gasteiger partial charge in [0.1, 0.15) is 5.75 Å². The fraction of sp³-hybridized carbons (Fsp3) is 0.667. The van der Waals surface area contributed by atoms with E-state index in [2.05, 4.69) is 36.1 Å². The van der Waals surface area contributed by atoms with Crippen LogP contribution in [0, 0.1) is 0 Å². The molecule has 1 heterocycles. The quantitative estimate of drug-likeness (QED) is 0.656. The maximum absolute atomic E-state index is 5.78. The van der Waals surface area contributed by atoms with Gasteiger partial charge in [-0.2, -0.15) is 0 Å². The Kier molecular flexibility index (Phi) is 6.93. The topological polar surface area (TPSA) is 12.5 Å². The SMILES string of the molecule is CCc1ccc(OCCCCCN2CCCCC2)cc1. The second-order valence-electron chi connectivity index (χ2n) is 5.81. The lowest BCUT2D eigenvalue weighted by Crippen LogP contribution is -2.30. The molecule has 2 heteroatoms. The van der Waals surface area contributed by atoms with Crippen molar-refractivity contribution in [3.8, 4) is 5.75 Å². The van der Waals surface area contributed by atoms with Crippen LogP contribution in [0.5, 0.6) is 5.75 Å². The standard InChI is InChI=1S/C18H29NO/c1-2-17-9-11-18(12-10-17)20-16-8-4-7-15-19-13-5-3-6-14-19/h9-12H,2-8,13-16H2,1H3. The third kappa shape index (κ3) is 5.54. The fourth-order valence-corrected chi connectivity index (χ4v) is 2.81. The normalized spacial score (nSPS) is 16.2. The molecule has 0 amide bonds. The van der Waals surface area contributed by atoms with Crippen LogP contribution in [0.1, 0.15) is 51.0 Å². The molecule has 112 valence electrons. The van der Waals surface area contributed by atoms with Crippen molar-refractivity contribution in [1.29, 1.82) is 0 Å². The summed E-state index contributed by atoms with van der Waals surface area (Å²) in [6, 6.07) is 8.50. The highest BCUT2D eigenvalue weighted by Crippen LogP contribution is 2.13. The Balaban J connectivity index is 1.50. The summed E-state index contributed by atoms with van der Waals surface area (Å²) in [6.07, 6.45) is 9.09. The van der Waals surface area contributed by atoms with E-state index in [1.54, 1.807) is 0 Å². The maximum Gasteiger partial charge on any atom is 0.119 e. The van der Waals surface area contributed by atoms with Crippen LogP contribution in [0.2, 0.25) is 0 Å². The van der Waals surface area contributed by atoms with Crippen LogP contribution in [0.25, 0.3) is 0 Å². The summed E-state index contributed by atoms with van der Waals surface area (Å²) in [5, 5.41) is 0. The minimum atomic E-state index is 0.853. The monoisotopic (exact) mass is 275 g/mol. The van der Waals surface area contributed by atoms with Crippen molar-refractivity contribution in [1.82, 2.24) is 4.90 Å². The molecule has 20 heavy (non-hydrogen) atoms. The summed E-state index contributed by atoms with van der Waals surface area (Å²) in [5.41, 5.74) is 1.37. The van der Waals surface area contributed by atoms with Gasteiger partial charge >= 0.3 is 0 Å². The second kappa shape index (κ2) is 9.02. The number of piperidine rings is 1. The molecule has 1 aromatic carbocycles. The Morgan fingerprint density at radius 1 is 0.950 bits per heavy atom. The van der Waals surface area contributed by atoms with Crippen molar-refractivity contribution >= 4 is 0 Å². The van der Waals surface area contributed by atoms with Gasteiger partial charge in [-0.05, 0) is 75.9 Å². The zero-order valence-corrected chi connectivity index (χ0v) is 12.9. The lowest BCUT2D eigenvalue weighted by Gasteiger charge is -2.26. The number of benzene rings is 1. The molecular weight excluding hydrogens is 246 g/mol. The molecule has 0 aliphatic carbocycles. The predicted molar refractivity (Wildman–Crippen MR) is 85.5 cm³/mol. The van der Waals surface area contributed by atoms with Crippen LogP contribution in [-0.4, -0.2) is 31.1 Å². The molecule has 1 aliphatic heterocycles. The number of hydrogen-bond acceptors (Lipinski definition) is 2. The molecule has 1 fully saturated rings. The average molecular weight is 275 g/mol. The van der Waals surface area contributed by atoms with Gasteiger partial charge in [0.15, 0.2) is 0 Å². The Morgan fingerprint density at radius 2 is 1.70 bits per heavy atom. The molecule has 1 saturated heterocycles. The number of rotatable bonds is 8. The molecule has 0 atom stereocenters. The van der Waals surface area contributed by atoms with Crippen molar-refractivity contribution in [2.45, 2.75) is 51.9 Å². The molecule has 0 saturated carbocycles. The van der Waals surface area contributed by atoms with E-state index in [4.69, 9.17) is 4.74 Å². The van der Waals surface area contributed by atoms with E-state index in [-0.39, 0.29) is 0 Å². The van der Waals surface area contributed by atoms with Gasteiger partial charge in [0.05, 0.1) is 6.61 Å². The van der Waals surface area contributed by atoms with Gasteiger partial charge in [0.2, 0.25) is 0 Å². The van der Waals surface area contributed by atoms with E-state index in [1.165, 1.54) is 63.7 Å². The Morgan fingerprint density at radius 3 is 2.40 bits per heavy atom. The van der Waals surface area contributed by atoms with Crippen LogP contribution < -0.4 is 4.74 Å². The summed E-state index contributed by atoms with van der Waals surface area (Å²) in [7, 11) is 0. The van der Waals surface area contributed by atoms with Crippen LogP contribution in [-0.2, 0) is 6.42 Å². The van der Waals surface area contributed by atoms with Crippen LogP contribution in [0.3, 0.4) is 0 Å². The molecule has 0 N–H and O–H groups in total. The molecule has 0 bridgehead atoms. The van der Waals surface area contributed by atoms with E-state index in [0.29, 0.717) is 0 Å². The van der Waals surface area contributed by atoms with Crippen molar-refractivity contribution in [3.63, 3.8) is 0 Å². The largest absolute Gasteiger partial charge is 0.494 e. The maximum atomic E-state index is 5.78. The van der Waals surface area contributed by atoms with Crippen molar-refractivity contribution in [2.24, 2.45) is 0 Å². The number of likely N-dealkylation sites (tertiary alicyclic amines) is 1. The third-order valence-electron chi connectivity index (χ3n) is 4.17. The van der Waals surface area contributed by atoms with Gasteiger partial charge in [-0.15, -0.1) is 0 Å². The summed E-state index contributed by atoms with van der Waals surface area (Å²) >= 11 is 0. The van der Waals surface area contributed by atoms with Gasteiger partial charge in [-0.3, -0.25) is 0 Å². The Bertz CT molecular complexity index is 354. The Hall–Kier alpha value is -1.02. The van der Waals surface area contributed by atoms with Crippen molar-refractivity contribution in [3.05, 3.63) is 29.8 Å². The van der Waals surface area contributed by atoms with Gasteiger partial charge in [0, 0.05) is 0 Å². The van der Waals surface area contributed by atoms with E-state index in [1.807, 2.05) is 0 Å². The van der Waals surface area contributed by atoms with Gasteiger partial charge in [0.25, 0.3) is 0 Å². The lowest BCUT2D eigenvalue weighted by atomic mass is 10.1. The third-order valence-corrected chi connectivity index (χ3v) is 4.17. The number of aryl methyl sites for hydroxylation is 1. The molecule has 1 aromatic rings. The average Bonchev–Trinajstić information content (AvgIpc) is 2.52. The first-order chi connectivity index (χ1) is 9.88. The number of nitrogens with zero attached hydrogens (tertiary/aromatic N) is 1. The Labute approximate surface area is 124 Å². The number of ether oxygens (including phenoxy) is 1. The molecule has 1 aliphatic rings. The van der Waals surface area contributed by atoms with E-state index < -0.39 is 0 Å². The van der Waals surface area contributed by atoms with E-state index in [0.717, 1.165) is 18.8 Å². The molecular formula is C18H29NO. The molecule has 0 spiro atoms. The summed E-state index contributed by atoms with van der Waals surface area (Å²) < 4.78 is 5.78. The van der Waals surface area contributed by atoms with Gasteiger partial charge in [-0.1, -0.05) is 25.5 Å². The van der Waals surface area contributed by atoms with Gasteiger partial charge < -0.3 is 9.64 Å². The fourth-order valence-electron chi connectivity index (χ4n) is 2.81. The van der Waals surface area contributed by atoms with Crippen molar-refractivity contribution < 1.29 is 4.74 Å². The van der Waals surface area contributed by atoms with E-state index >= 15 is 0 Å². The molecule has 0 aromatic heterocycles. The van der Waals surface area contributed by atoms with Gasteiger partial charge in [-0.25, -0.2) is 0 Å². The first kappa shape index (κ1) is 15.4. The first-order valence-corrected chi connectivity index (χ1v) is 8.32. The predicted octanol–water partition coefficient (Wildman–Crippen LogP) is 4.28. The molecule has 2 rings (SSSR count). The van der Waals surface area contributed by atoms with Crippen LogP contribution >= 0.6 is 0 Å². The van der Waals surface area contributed by atoms with Crippen LogP contribution in [0.15, 0.2) is 24.3 Å². The zero-order valence-electron chi connectivity index (χ0n) is 12.9. The van der Waals surface area contributed by atoms with E-state index in [9.17, 15) is 0 Å². The second-order valence-corrected chi connectivity index (χ2v) is 5.81. The number of unbranched alkanes of at least 4 members (excludes halogenated alkanes) is 2. The lowest BCUT2D eigenvalue weighted by molar-refractivity contribution is 0.221. The molecule has 0 radical (unpaired) electrons. The molecule has 2 nitrogen and oxygen atoms in total. The summed E-state index contributed by atoms with van der Waals surface area (Å²) in [6.45, 7) is 6.95. The minimum Gasteiger partial charge on any atom is -0.494 e.